The molecule has 0 heterocycles. The molecule has 0 spiro atoms. The van der Waals surface area contributed by atoms with E-state index < -0.39 is 0 Å². The van der Waals surface area contributed by atoms with Gasteiger partial charge in [-0.1, -0.05) is 49.8 Å². The number of hydrogen-bond acceptors (Lipinski definition) is 2. The van der Waals surface area contributed by atoms with Crippen molar-refractivity contribution in [3.05, 3.63) is 41.5 Å². The monoisotopic (exact) mass is 316 g/mol. The van der Waals surface area contributed by atoms with E-state index in [-0.39, 0.29) is 5.41 Å². The van der Waals surface area contributed by atoms with Gasteiger partial charge in [0, 0.05) is 6.54 Å². The number of allylic oxidation sites excluding steroid dienone is 1. The van der Waals surface area contributed by atoms with E-state index in [1.807, 2.05) is 7.05 Å². The summed E-state index contributed by atoms with van der Waals surface area (Å²) in [4.78, 5) is 10.6. The van der Waals surface area contributed by atoms with Crippen LogP contribution in [0, 0.1) is 5.41 Å². The van der Waals surface area contributed by atoms with Gasteiger partial charge in [0.05, 0.1) is 0 Å². The van der Waals surface area contributed by atoms with Gasteiger partial charge in [-0.25, -0.2) is 0 Å². The van der Waals surface area contributed by atoms with Crippen molar-refractivity contribution in [3.63, 3.8) is 0 Å². The molecule has 0 bridgehead atoms. The summed E-state index contributed by atoms with van der Waals surface area (Å²) in [5.41, 5.74) is 3.01. The van der Waals surface area contributed by atoms with E-state index in [1.165, 1.54) is 11.1 Å². The van der Waals surface area contributed by atoms with E-state index in [0.29, 0.717) is 0 Å². The summed E-state index contributed by atoms with van der Waals surface area (Å²) in [6.45, 7) is 6.11. The van der Waals surface area contributed by atoms with Gasteiger partial charge in [-0.3, -0.25) is 4.79 Å². The Bertz CT molecular complexity index is 484. The lowest BCUT2D eigenvalue weighted by Gasteiger charge is -2.33. The number of aryl methyl sites for hydroxylation is 1. The third kappa shape index (κ3) is 6.57. The van der Waals surface area contributed by atoms with Gasteiger partial charge < -0.3 is 10.6 Å². The quantitative estimate of drug-likeness (QED) is 0.455. The fourth-order valence-electron chi connectivity index (χ4n) is 3.20. The molecule has 0 aliphatic heterocycles. The first kappa shape index (κ1) is 19.4. The van der Waals surface area contributed by atoms with Crippen LogP contribution in [0.5, 0.6) is 0 Å². The topological polar surface area (TPSA) is 41.1 Å². The molecule has 1 atom stereocenters. The van der Waals surface area contributed by atoms with Gasteiger partial charge in [0.15, 0.2) is 0 Å². The van der Waals surface area contributed by atoms with Crippen molar-refractivity contribution in [3.8, 4) is 0 Å². The highest BCUT2D eigenvalue weighted by molar-refractivity contribution is 5.53. The Labute approximate surface area is 141 Å². The van der Waals surface area contributed by atoms with Crippen LogP contribution in [0.4, 0.5) is 0 Å². The van der Waals surface area contributed by atoms with Crippen molar-refractivity contribution in [2.24, 2.45) is 5.41 Å². The van der Waals surface area contributed by atoms with Crippen LogP contribution in [0.25, 0.3) is 6.08 Å². The number of rotatable bonds is 12. The third-order valence-corrected chi connectivity index (χ3v) is 4.86. The molecule has 3 nitrogen and oxygen atoms in total. The minimum atomic E-state index is 0.280. The van der Waals surface area contributed by atoms with Crippen LogP contribution in [0.3, 0.4) is 0 Å². The third-order valence-electron chi connectivity index (χ3n) is 4.86. The molecule has 2 N–H and O–H groups in total. The van der Waals surface area contributed by atoms with E-state index in [2.05, 4.69) is 60.9 Å². The maximum absolute atomic E-state index is 10.6. The SMILES string of the molecule is C/C=C/c1ccccc1CCC(CC)(CCNC)CCNC=O. The highest BCUT2D eigenvalue weighted by Crippen LogP contribution is 2.36. The van der Waals surface area contributed by atoms with Gasteiger partial charge in [-0.05, 0) is 62.7 Å². The second-order valence-corrected chi connectivity index (χ2v) is 6.23. The van der Waals surface area contributed by atoms with Gasteiger partial charge in [0.2, 0.25) is 6.41 Å². The zero-order valence-corrected chi connectivity index (χ0v) is 14.9. The molecule has 0 radical (unpaired) electrons. The molecule has 3 heteroatoms. The number of amides is 1. The van der Waals surface area contributed by atoms with E-state index in [0.717, 1.165) is 51.6 Å². The highest BCUT2D eigenvalue weighted by atomic mass is 16.1. The maximum Gasteiger partial charge on any atom is 0.207 e. The molecule has 0 saturated heterocycles. The molecule has 0 saturated carbocycles. The van der Waals surface area contributed by atoms with Gasteiger partial charge in [-0.2, -0.15) is 0 Å². The molecule has 128 valence electrons. The van der Waals surface area contributed by atoms with Crippen LogP contribution >= 0.6 is 0 Å². The second kappa shape index (κ2) is 11.0. The van der Waals surface area contributed by atoms with Crippen LogP contribution < -0.4 is 10.6 Å². The molecule has 1 aromatic rings. The van der Waals surface area contributed by atoms with Crippen molar-refractivity contribution in [2.45, 2.75) is 46.0 Å². The Morgan fingerprint density at radius 1 is 1.13 bits per heavy atom. The summed E-state index contributed by atoms with van der Waals surface area (Å²) in [5, 5.41) is 6.11. The molecular formula is C20H32N2O. The molecule has 23 heavy (non-hydrogen) atoms. The molecule has 0 aliphatic carbocycles. The van der Waals surface area contributed by atoms with E-state index >= 15 is 0 Å². The van der Waals surface area contributed by atoms with Crippen molar-refractivity contribution < 1.29 is 4.79 Å². The van der Waals surface area contributed by atoms with Gasteiger partial charge >= 0.3 is 0 Å². The maximum atomic E-state index is 10.6. The first-order chi connectivity index (χ1) is 11.2. The predicted molar refractivity (Wildman–Crippen MR) is 99.4 cm³/mol. The average Bonchev–Trinajstić information content (AvgIpc) is 2.58. The molecule has 1 aromatic carbocycles. The minimum absolute atomic E-state index is 0.280. The zero-order chi connectivity index (χ0) is 17.0. The Balaban J connectivity index is 2.81. The van der Waals surface area contributed by atoms with Crippen LogP contribution in [0.1, 0.15) is 50.7 Å². The summed E-state index contributed by atoms with van der Waals surface area (Å²) < 4.78 is 0. The molecule has 0 aliphatic rings. The summed E-state index contributed by atoms with van der Waals surface area (Å²) in [7, 11) is 2.01. The number of hydrogen-bond donors (Lipinski definition) is 2. The molecule has 0 fully saturated rings. The van der Waals surface area contributed by atoms with Crippen molar-refractivity contribution >= 4 is 12.5 Å². The molecule has 0 aromatic heterocycles. The summed E-state index contributed by atoms with van der Waals surface area (Å²) in [6, 6.07) is 8.64. The Morgan fingerprint density at radius 3 is 2.52 bits per heavy atom. The van der Waals surface area contributed by atoms with Gasteiger partial charge in [-0.15, -0.1) is 0 Å². The Morgan fingerprint density at radius 2 is 1.87 bits per heavy atom. The summed E-state index contributed by atoms with van der Waals surface area (Å²) in [6.07, 6.45) is 10.6. The van der Waals surface area contributed by atoms with E-state index in [1.54, 1.807) is 0 Å². The van der Waals surface area contributed by atoms with Crippen LogP contribution in [0.15, 0.2) is 30.3 Å². The lowest BCUT2D eigenvalue weighted by molar-refractivity contribution is -0.109. The van der Waals surface area contributed by atoms with Crippen molar-refractivity contribution in [1.29, 1.82) is 0 Å². The Kier molecular flexibility index (Phi) is 9.30. The fourth-order valence-corrected chi connectivity index (χ4v) is 3.20. The van der Waals surface area contributed by atoms with E-state index in [9.17, 15) is 4.79 Å². The van der Waals surface area contributed by atoms with Crippen molar-refractivity contribution in [2.75, 3.05) is 20.1 Å². The number of carbonyl (C=O) groups is 1. The largest absolute Gasteiger partial charge is 0.359 e. The normalized spacial score (nSPS) is 13.9. The lowest BCUT2D eigenvalue weighted by Crippen LogP contribution is -2.30. The van der Waals surface area contributed by atoms with Crippen LogP contribution in [-0.2, 0) is 11.2 Å². The number of carbonyl (C=O) groups excluding carboxylic acids is 1. The molecule has 1 unspecified atom stereocenters. The standard InChI is InChI=1S/C20H32N2O/c1-4-8-18-9-6-7-10-19(18)11-12-20(5-2,13-15-21-3)14-16-22-17-23/h4,6-10,17,21H,5,11-16H2,1-3H3,(H,22,23)/b8-4+. The lowest BCUT2D eigenvalue weighted by atomic mass is 9.74. The van der Waals surface area contributed by atoms with Gasteiger partial charge in [0.1, 0.15) is 0 Å². The summed E-state index contributed by atoms with van der Waals surface area (Å²) >= 11 is 0. The summed E-state index contributed by atoms with van der Waals surface area (Å²) in [5.74, 6) is 0. The average molecular weight is 316 g/mol. The molecule has 1 amide bonds. The number of benzene rings is 1. The predicted octanol–water partition coefficient (Wildman–Crippen LogP) is 3.79. The molecular weight excluding hydrogens is 284 g/mol. The first-order valence-corrected chi connectivity index (χ1v) is 8.73. The van der Waals surface area contributed by atoms with E-state index in [4.69, 9.17) is 0 Å². The van der Waals surface area contributed by atoms with Gasteiger partial charge in [0.25, 0.3) is 0 Å². The Hall–Kier alpha value is -1.61. The number of nitrogens with one attached hydrogen (secondary N) is 2. The molecule has 1 rings (SSSR count). The smallest absolute Gasteiger partial charge is 0.207 e. The van der Waals surface area contributed by atoms with Crippen LogP contribution in [0.2, 0.25) is 0 Å². The first-order valence-electron chi connectivity index (χ1n) is 8.73. The highest BCUT2D eigenvalue weighted by Gasteiger charge is 2.27. The zero-order valence-electron chi connectivity index (χ0n) is 14.9. The second-order valence-electron chi connectivity index (χ2n) is 6.23. The van der Waals surface area contributed by atoms with Crippen LogP contribution in [-0.4, -0.2) is 26.5 Å². The minimum Gasteiger partial charge on any atom is -0.359 e. The fraction of sp³-hybridized carbons (Fsp3) is 0.550. The van der Waals surface area contributed by atoms with Crippen molar-refractivity contribution in [1.82, 2.24) is 10.6 Å².